The number of aryl methyl sites for hydroxylation is 1. The van der Waals surface area contributed by atoms with Crippen molar-refractivity contribution in [2.24, 2.45) is 0 Å². The summed E-state index contributed by atoms with van der Waals surface area (Å²) in [5.74, 6) is 1.41. The molecule has 1 aliphatic heterocycles. The van der Waals surface area contributed by atoms with Crippen LogP contribution in [0.2, 0.25) is 5.02 Å². The van der Waals surface area contributed by atoms with E-state index < -0.39 is 0 Å². The predicted octanol–water partition coefficient (Wildman–Crippen LogP) is 4.05. The van der Waals surface area contributed by atoms with E-state index in [0.29, 0.717) is 30.5 Å². The number of hydrogen-bond donors (Lipinski definition) is 1. The molecule has 0 aliphatic carbocycles. The lowest BCUT2D eigenvalue weighted by atomic mass is 10.1. The number of hydrogen-bond acceptors (Lipinski definition) is 5. The van der Waals surface area contributed by atoms with Crippen molar-refractivity contribution in [3.05, 3.63) is 58.1 Å². The summed E-state index contributed by atoms with van der Waals surface area (Å²) in [6, 6.07) is 12.2. The second-order valence-corrected chi connectivity index (χ2v) is 7.64. The third-order valence-electron chi connectivity index (χ3n) is 4.95. The van der Waals surface area contributed by atoms with Crippen LogP contribution in [0.5, 0.6) is 11.5 Å². The molecule has 1 heterocycles. The van der Waals surface area contributed by atoms with E-state index in [9.17, 15) is 0 Å². The molecule has 0 bridgehead atoms. The Hall–Kier alpha value is -1.79. The van der Waals surface area contributed by atoms with Gasteiger partial charge >= 0.3 is 0 Å². The van der Waals surface area contributed by atoms with Crippen LogP contribution >= 0.6 is 11.6 Å². The molecule has 0 aromatic heterocycles. The molecule has 1 fully saturated rings. The molecule has 2 aromatic rings. The van der Waals surface area contributed by atoms with Crippen LogP contribution in [-0.2, 0) is 17.9 Å². The zero-order valence-electron chi connectivity index (χ0n) is 17.4. The molecule has 5 nitrogen and oxygen atoms in total. The van der Waals surface area contributed by atoms with E-state index in [1.807, 2.05) is 19.1 Å². The number of morpholine rings is 1. The van der Waals surface area contributed by atoms with Crippen molar-refractivity contribution < 1.29 is 14.2 Å². The molecule has 0 unspecified atom stereocenters. The number of nitrogens with one attached hydrogen (secondary N) is 1. The van der Waals surface area contributed by atoms with Crippen LogP contribution in [0.3, 0.4) is 0 Å². The van der Waals surface area contributed by atoms with Crippen molar-refractivity contribution >= 4 is 11.6 Å². The third kappa shape index (κ3) is 6.89. The minimum absolute atomic E-state index is 0.480. The molecule has 0 atom stereocenters. The molecule has 0 amide bonds. The van der Waals surface area contributed by atoms with Crippen molar-refractivity contribution in [2.45, 2.75) is 27.0 Å². The smallest absolute Gasteiger partial charge is 0.163 e. The van der Waals surface area contributed by atoms with Crippen LogP contribution in [-0.4, -0.2) is 50.9 Å². The fourth-order valence-electron chi connectivity index (χ4n) is 3.22. The number of rotatable bonds is 10. The van der Waals surface area contributed by atoms with Crippen LogP contribution in [0.1, 0.15) is 23.6 Å². The highest BCUT2D eigenvalue weighted by Crippen LogP contribution is 2.34. The molecule has 2 aromatic carbocycles. The Morgan fingerprint density at radius 3 is 2.52 bits per heavy atom. The molecule has 29 heavy (non-hydrogen) atoms. The standard InChI is InChI=1S/C23H31ClN2O3/c1-3-28-22-14-20(16-25-8-9-26-10-12-27-13-11-26)21(24)15-23(22)29-17-19-6-4-18(2)5-7-19/h4-7,14-15,25H,3,8-13,16-17H2,1-2H3. The Bertz CT molecular complexity index is 761. The fraction of sp³-hybridized carbons (Fsp3) is 0.478. The van der Waals surface area contributed by atoms with Gasteiger partial charge in [0.1, 0.15) is 6.61 Å². The van der Waals surface area contributed by atoms with Gasteiger partial charge in [0.15, 0.2) is 11.5 Å². The minimum atomic E-state index is 0.480. The molecular formula is C23H31ClN2O3. The second kappa shape index (κ2) is 11.4. The minimum Gasteiger partial charge on any atom is -0.490 e. The largest absolute Gasteiger partial charge is 0.490 e. The van der Waals surface area contributed by atoms with E-state index in [4.69, 9.17) is 25.8 Å². The lowest BCUT2D eigenvalue weighted by Crippen LogP contribution is -2.40. The zero-order chi connectivity index (χ0) is 20.5. The molecule has 3 rings (SSSR count). The summed E-state index contributed by atoms with van der Waals surface area (Å²) in [4.78, 5) is 2.41. The van der Waals surface area contributed by atoms with Gasteiger partial charge in [0.2, 0.25) is 0 Å². The average Bonchev–Trinajstić information content (AvgIpc) is 2.74. The molecule has 1 saturated heterocycles. The van der Waals surface area contributed by atoms with Crippen LogP contribution in [0.25, 0.3) is 0 Å². The van der Waals surface area contributed by atoms with Gasteiger partial charge in [-0.3, -0.25) is 4.90 Å². The molecule has 6 heteroatoms. The number of ether oxygens (including phenoxy) is 3. The topological polar surface area (TPSA) is 43.0 Å². The highest BCUT2D eigenvalue weighted by atomic mass is 35.5. The van der Waals surface area contributed by atoms with Crippen molar-refractivity contribution in [3.8, 4) is 11.5 Å². The van der Waals surface area contributed by atoms with Crippen LogP contribution in [0.15, 0.2) is 36.4 Å². The lowest BCUT2D eigenvalue weighted by molar-refractivity contribution is 0.0384. The van der Waals surface area contributed by atoms with Gasteiger partial charge in [-0.05, 0) is 31.0 Å². The summed E-state index contributed by atoms with van der Waals surface area (Å²) in [6.45, 7) is 11.4. The van der Waals surface area contributed by atoms with Gasteiger partial charge in [-0.25, -0.2) is 0 Å². The Balaban J connectivity index is 1.56. The maximum absolute atomic E-state index is 6.53. The summed E-state index contributed by atoms with van der Waals surface area (Å²) < 4.78 is 17.2. The molecule has 158 valence electrons. The molecule has 0 saturated carbocycles. The molecular weight excluding hydrogens is 388 g/mol. The molecule has 1 aliphatic rings. The predicted molar refractivity (Wildman–Crippen MR) is 117 cm³/mol. The number of benzene rings is 2. The first kappa shape index (κ1) is 21.9. The quantitative estimate of drug-likeness (QED) is 0.589. The van der Waals surface area contributed by atoms with Crippen LogP contribution in [0.4, 0.5) is 0 Å². The summed E-state index contributed by atoms with van der Waals surface area (Å²) in [5.41, 5.74) is 3.36. The highest BCUT2D eigenvalue weighted by molar-refractivity contribution is 6.31. The SMILES string of the molecule is CCOc1cc(CNCCN2CCOCC2)c(Cl)cc1OCc1ccc(C)cc1. The third-order valence-corrected chi connectivity index (χ3v) is 5.30. The first-order chi connectivity index (χ1) is 14.2. The summed E-state index contributed by atoms with van der Waals surface area (Å²) in [7, 11) is 0. The Morgan fingerprint density at radius 1 is 1.07 bits per heavy atom. The van der Waals surface area contributed by atoms with Crippen molar-refractivity contribution in [1.82, 2.24) is 10.2 Å². The van der Waals surface area contributed by atoms with Gasteiger partial charge in [-0.1, -0.05) is 41.4 Å². The van der Waals surface area contributed by atoms with Crippen molar-refractivity contribution in [2.75, 3.05) is 46.0 Å². The van der Waals surface area contributed by atoms with E-state index in [1.54, 1.807) is 0 Å². The van der Waals surface area contributed by atoms with Gasteiger partial charge in [0.05, 0.1) is 19.8 Å². The Labute approximate surface area is 178 Å². The van der Waals surface area contributed by atoms with E-state index >= 15 is 0 Å². The number of nitrogens with zero attached hydrogens (tertiary/aromatic N) is 1. The summed E-state index contributed by atoms with van der Waals surface area (Å²) >= 11 is 6.53. The normalized spacial score (nSPS) is 14.7. The zero-order valence-corrected chi connectivity index (χ0v) is 18.1. The molecule has 0 spiro atoms. The van der Waals surface area contributed by atoms with E-state index in [2.05, 4.69) is 41.4 Å². The van der Waals surface area contributed by atoms with E-state index in [0.717, 1.165) is 56.3 Å². The van der Waals surface area contributed by atoms with Crippen LogP contribution in [0, 0.1) is 6.92 Å². The number of halogens is 1. The van der Waals surface area contributed by atoms with Gasteiger partial charge in [0, 0.05) is 43.8 Å². The first-order valence-corrected chi connectivity index (χ1v) is 10.7. The van der Waals surface area contributed by atoms with Crippen LogP contribution < -0.4 is 14.8 Å². The first-order valence-electron chi connectivity index (χ1n) is 10.3. The molecule has 0 radical (unpaired) electrons. The van der Waals surface area contributed by atoms with Gasteiger partial charge in [-0.15, -0.1) is 0 Å². The van der Waals surface area contributed by atoms with E-state index in [-0.39, 0.29) is 0 Å². The summed E-state index contributed by atoms with van der Waals surface area (Å²) in [5, 5.41) is 4.16. The molecule has 1 N–H and O–H groups in total. The highest BCUT2D eigenvalue weighted by Gasteiger charge is 2.13. The summed E-state index contributed by atoms with van der Waals surface area (Å²) in [6.07, 6.45) is 0. The maximum Gasteiger partial charge on any atom is 0.163 e. The lowest BCUT2D eigenvalue weighted by Gasteiger charge is -2.26. The van der Waals surface area contributed by atoms with E-state index in [1.165, 1.54) is 5.56 Å². The van der Waals surface area contributed by atoms with Crippen molar-refractivity contribution in [3.63, 3.8) is 0 Å². The van der Waals surface area contributed by atoms with Gasteiger partial charge in [-0.2, -0.15) is 0 Å². The average molecular weight is 419 g/mol. The van der Waals surface area contributed by atoms with Gasteiger partial charge in [0.25, 0.3) is 0 Å². The van der Waals surface area contributed by atoms with Gasteiger partial charge < -0.3 is 19.5 Å². The second-order valence-electron chi connectivity index (χ2n) is 7.23. The monoisotopic (exact) mass is 418 g/mol. The fourth-order valence-corrected chi connectivity index (χ4v) is 3.44. The Morgan fingerprint density at radius 2 is 1.79 bits per heavy atom. The maximum atomic E-state index is 6.53. The van der Waals surface area contributed by atoms with Crippen molar-refractivity contribution in [1.29, 1.82) is 0 Å². The Kier molecular flexibility index (Phi) is 8.62.